The number of hydrogen-bond donors (Lipinski definition) is 2. The Labute approximate surface area is 158 Å². The summed E-state index contributed by atoms with van der Waals surface area (Å²) in [6, 6.07) is 20.7. The van der Waals surface area contributed by atoms with Crippen LogP contribution in [0.1, 0.15) is 27.0 Å². The van der Waals surface area contributed by atoms with Crippen LogP contribution in [0.15, 0.2) is 72.8 Å². The van der Waals surface area contributed by atoms with Crippen molar-refractivity contribution >= 4 is 12.0 Å². The number of carboxylic acids is 1. The third-order valence-electron chi connectivity index (χ3n) is 4.11. The van der Waals surface area contributed by atoms with Crippen LogP contribution in [0.5, 0.6) is 5.75 Å². The molecule has 27 heavy (non-hydrogen) atoms. The van der Waals surface area contributed by atoms with E-state index < -0.39 is 5.97 Å². The summed E-state index contributed by atoms with van der Waals surface area (Å²) >= 11 is 0. The molecule has 0 aliphatic heterocycles. The molecule has 0 unspecified atom stereocenters. The van der Waals surface area contributed by atoms with Gasteiger partial charge >= 0.3 is 5.97 Å². The van der Waals surface area contributed by atoms with Gasteiger partial charge in [-0.15, -0.1) is 0 Å². The van der Waals surface area contributed by atoms with Gasteiger partial charge in [-0.25, -0.2) is 4.79 Å². The smallest absolute Gasteiger partial charge is 0.339 e. The molecule has 0 saturated heterocycles. The summed E-state index contributed by atoms with van der Waals surface area (Å²) < 4.78 is 0. The molecule has 0 bridgehead atoms. The van der Waals surface area contributed by atoms with E-state index in [9.17, 15) is 9.90 Å². The summed E-state index contributed by atoms with van der Waals surface area (Å²) in [7, 11) is 0. The summed E-state index contributed by atoms with van der Waals surface area (Å²) in [5.74, 6) is 4.37. The van der Waals surface area contributed by atoms with Gasteiger partial charge in [-0.3, -0.25) is 0 Å². The molecule has 132 valence electrons. The fourth-order valence-corrected chi connectivity index (χ4v) is 2.69. The number of aryl methyl sites for hydroxylation is 1. The minimum atomic E-state index is -1.17. The van der Waals surface area contributed by atoms with Crippen molar-refractivity contribution in [2.45, 2.75) is 6.92 Å². The minimum absolute atomic E-state index is 0.136. The van der Waals surface area contributed by atoms with Crippen LogP contribution in [0.25, 0.3) is 17.2 Å². The first-order valence-electron chi connectivity index (χ1n) is 8.45. The molecule has 3 heteroatoms. The number of allylic oxidation sites excluding steroid dienone is 1. The highest BCUT2D eigenvalue weighted by Gasteiger charge is 2.08. The Morgan fingerprint density at radius 1 is 1.00 bits per heavy atom. The Morgan fingerprint density at radius 3 is 2.44 bits per heavy atom. The number of phenols is 1. The summed E-state index contributed by atoms with van der Waals surface area (Å²) in [5.41, 5.74) is 4.95. The molecule has 0 amide bonds. The van der Waals surface area contributed by atoms with E-state index in [4.69, 9.17) is 5.11 Å². The molecule has 3 rings (SSSR count). The largest absolute Gasteiger partial charge is 0.507 e. The van der Waals surface area contributed by atoms with E-state index in [0.29, 0.717) is 5.56 Å². The lowest BCUT2D eigenvalue weighted by Gasteiger charge is -2.06. The maximum absolute atomic E-state index is 10.9. The number of aromatic carboxylic acids is 1. The van der Waals surface area contributed by atoms with Crippen LogP contribution in [0.3, 0.4) is 0 Å². The Balaban J connectivity index is 1.82. The second-order valence-electron chi connectivity index (χ2n) is 6.09. The fraction of sp³-hybridized carbons (Fsp3) is 0.0417. The molecule has 2 N–H and O–H groups in total. The van der Waals surface area contributed by atoms with E-state index in [-0.39, 0.29) is 11.3 Å². The Hall–Kier alpha value is -3.77. The molecule has 0 aromatic heterocycles. The molecule has 3 aromatic rings. The monoisotopic (exact) mass is 354 g/mol. The molecule has 0 aliphatic rings. The summed E-state index contributed by atoms with van der Waals surface area (Å²) in [4.78, 5) is 10.9. The van der Waals surface area contributed by atoms with Crippen LogP contribution < -0.4 is 0 Å². The first-order valence-corrected chi connectivity index (χ1v) is 8.45. The first kappa shape index (κ1) is 18.0. The van der Waals surface area contributed by atoms with Gasteiger partial charge in [-0.1, -0.05) is 65.9 Å². The maximum Gasteiger partial charge on any atom is 0.339 e. The average molecular weight is 354 g/mol. The summed E-state index contributed by atoms with van der Waals surface area (Å²) in [5, 5.41) is 18.6. The van der Waals surface area contributed by atoms with Gasteiger partial charge in [-0.2, -0.15) is 0 Å². The van der Waals surface area contributed by atoms with Crippen molar-refractivity contribution in [1.29, 1.82) is 0 Å². The Bertz CT molecular complexity index is 1060. The van der Waals surface area contributed by atoms with Crippen molar-refractivity contribution in [3.05, 3.63) is 95.1 Å². The van der Waals surface area contributed by atoms with Crippen LogP contribution >= 0.6 is 0 Å². The van der Waals surface area contributed by atoms with Crippen LogP contribution in [0, 0.1) is 18.8 Å². The predicted molar refractivity (Wildman–Crippen MR) is 108 cm³/mol. The topological polar surface area (TPSA) is 57.5 Å². The van der Waals surface area contributed by atoms with Crippen molar-refractivity contribution in [3.63, 3.8) is 0 Å². The van der Waals surface area contributed by atoms with Gasteiger partial charge in [0.1, 0.15) is 11.3 Å². The number of hydrogen-bond acceptors (Lipinski definition) is 2. The van der Waals surface area contributed by atoms with Gasteiger partial charge < -0.3 is 10.2 Å². The van der Waals surface area contributed by atoms with Gasteiger partial charge in [-0.05, 0) is 54.0 Å². The van der Waals surface area contributed by atoms with E-state index in [1.807, 2.05) is 24.3 Å². The van der Waals surface area contributed by atoms with Crippen molar-refractivity contribution in [2.75, 3.05) is 0 Å². The highest BCUT2D eigenvalue weighted by molar-refractivity contribution is 5.91. The first-order chi connectivity index (χ1) is 13.0. The molecule has 3 aromatic carbocycles. The van der Waals surface area contributed by atoms with Crippen LogP contribution in [-0.4, -0.2) is 16.2 Å². The average Bonchev–Trinajstić information content (AvgIpc) is 2.66. The van der Waals surface area contributed by atoms with Crippen LogP contribution in [0.4, 0.5) is 0 Å². The number of aromatic hydroxyl groups is 1. The molecule has 0 atom stereocenters. The Morgan fingerprint density at radius 2 is 1.74 bits per heavy atom. The van der Waals surface area contributed by atoms with Gasteiger partial charge in [0.2, 0.25) is 0 Å². The number of carboxylic acid groups (broad SMARTS) is 1. The standard InChI is InChI=1S/C24H18O3/c1-17-10-13-20(14-11-17)21-9-5-4-8-19(21)7-3-2-6-18-12-15-22(24(26)27)23(25)16-18/h3-5,7-16,25H,1H3,(H,26,27)/b7-3+. The molecular formula is C24H18O3. The van der Waals surface area contributed by atoms with Gasteiger partial charge in [0.15, 0.2) is 0 Å². The second-order valence-corrected chi connectivity index (χ2v) is 6.09. The SMILES string of the molecule is Cc1ccc(-c2ccccc2/C=C/C#Cc2ccc(C(=O)O)c(O)c2)cc1. The van der Waals surface area contributed by atoms with Gasteiger partial charge in [0.05, 0.1) is 0 Å². The molecule has 0 heterocycles. The molecule has 0 spiro atoms. The maximum atomic E-state index is 10.9. The Kier molecular flexibility index (Phi) is 5.39. The zero-order chi connectivity index (χ0) is 19.2. The minimum Gasteiger partial charge on any atom is -0.507 e. The molecule has 0 fully saturated rings. The second kappa shape index (κ2) is 8.07. The van der Waals surface area contributed by atoms with Crippen LogP contribution in [0.2, 0.25) is 0 Å². The summed E-state index contributed by atoms with van der Waals surface area (Å²) in [6.45, 7) is 2.06. The van der Waals surface area contributed by atoms with Gasteiger partial charge in [0.25, 0.3) is 0 Å². The molecule has 0 saturated carbocycles. The van der Waals surface area contributed by atoms with Crippen molar-refractivity contribution in [1.82, 2.24) is 0 Å². The number of rotatable bonds is 3. The molecular weight excluding hydrogens is 336 g/mol. The van der Waals surface area contributed by atoms with Crippen molar-refractivity contribution in [3.8, 4) is 28.7 Å². The van der Waals surface area contributed by atoms with E-state index in [2.05, 4.69) is 49.1 Å². The molecule has 0 radical (unpaired) electrons. The van der Waals surface area contributed by atoms with Crippen molar-refractivity contribution in [2.24, 2.45) is 0 Å². The highest BCUT2D eigenvalue weighted by atomic mass is 16.4. The third-order valence-corrected chi connectivity index (χ3v) is 4.11. The van der Waals surface area contributed by atoms with E-state index >= 15 is 0 Å². The molecule has 3 nitrogen and oxygen atoms in total. The molecule has 0 aliphatic carbocycles. The van der Waals surface area contributed by atoms with E-state index in [0.717, 1.165) is 16.7 Å². The highest BCUT2D eigenvalue weighted by Crippen LogP contribution is 2.25. The lowest BCUT2D eigenvalue weighted by Crippen LogP contribution is -1.96. The lowest BCUT2D eigenvalue weighted by molar-refractivity contribution is 0.0693. The van der Waals surface area contributed by atoms with Crippen LogP contribution in [-0.2, 0) is 0 Å². The normalized spacial score (nSPS) is 10.4. The van der Waals surface area contributed by atoms with Gasteiger partial charge in [0, 0.05) is 5.56 Å². The number of benzene rings is 3. The predicted octanol–water partition coefficient (Wildman–Crippen LogP) is 5.13. The van der Waals surface area contributed by atoms with E-state index in [1.165, 1.54) is 17.7 Å². The van der Waals surface area contributed by atoms with Crippen molar-refractivity contribution < 1.29 is 15.0 Å². The number of carbonyl (C=O) groups is 1. The fourth-order valence-electron chi connectivity index (χ4n) is 2.69. The quantitative estimate of drug-likeness (QED) is 0.641. The summed E-state index contributed by atoms with van der Waals surface area (Å²) in [6.07, 6.45) is 3.68. The lowest BCUT2D eigenvalue weighted by atomic mass is 9.98. The zero-order valence-electron chi connectivity index (χ0n) is 14.8. The zero-order valence-corrected chi connectivity index (χ0v) is 14.8. The third kappa shape index (κ3) is 4.45. The van der Waals surface area contributed by atoms with E-state index in [1.54, 1.807) is 12.1 Å².